The molecule has 1 spiro atoms. The molecule has 2 unspecified atom stereocenters. The van der Waals surface area contributed by atoms with Gasteiger partial charge in [0.15, 0.2) is 12.0 Å². The molecule has 1 fully saturated rings. The van der Waals surface area contributed by atoms with Crippen molar-refractivity contribution in [2.75, 3.05) is 26.8 Å². The Bertz CT molecular complexity index is 1490. The highest BCUT2D eigenvalue weighted by molar-refractivity contribution is 5.98. The fourth-order valence-corrected chi connectivity index (χ4v) is 6.43. The van der Waals surface area contributed by atoms with Crippen LogP contribution in [-0.2, 0) is 5.41 Å². The van der Waals surface area contributed by atoms with E-state index in [1.165, 1.54) is 7.11 Å². The highest BCUT2D eigenvalue weighted by Gasteiger charge is 2.68. The number of hydrogen-bond donors (Lipinski definition) is 7. The summed E-state index contributed by atoms with van der Waals surface area (Å²) in [4.78, 5) is 40.1. The molecular formula is C28H36N9O5+. The maximum atomic E-state index is 13.6. The molecule has 1 aromatic carbocycles. The van der Waals surface area contributed by atoms with Gasteiger partial charge in [0.05, 0.1) is 25.3 Å². The van der Waals surface area contributed by atoms with Gasteiger partial charge in [0, 0.05) is 24.7 Å². The molecule has 0 radical (unpaired) electrons. The lowest BCUT2D eigenvalue weighted by Gasteiger charge is -2.43. The summed E-state index contributed by atoms with van der Waals surface area (Å²) in [5.41, 5.74) is 12.8. The van der Waals surface area contributed by atoms with Gasteiger partial charge in [0.1, 0.15) is 23.6 Å². The second-order valence-corrected chi connectivity index (χ2v) is 11.6. The van der Waals surface area contributed by atoms with Crippen molar-refractivity contribution in [2.24, 2.45) is 16.5 Å². The summed E-state index contributed by atoms with van der Waals surface area (Å²) in [6, 6.07) is 8.51. The molecule has 5 atom stereocenters. The van der Waals surface area contributed by atoms with Gasteiger partial charge in [-0.05, 0) is 24.0 Å². The van der Waals surface area contributed by atoms with Gasteiger partial charge >= 0.3 is 5.96 Å². The van der Waals surface area contributed by atoms with Gasteiger partial charge in [-0.25, -0.2) is 15.3 Å². The molecule has 9 N–H and O–H groups in total. The van der Waals surface area contributed by atoms with Crippen LogP contribution < -0.4 is 41.9 Å². The Morgan fingerprint density at radius 3 is 2.81 bits per heavy atom. The molecule has 1 aromatic heterocycles. The summed E-state index contributed by atoms with van der Waals surface area (Å²) >= 11 is 0. The van der Waals surface area contributed by atoms with Gasteiger partial charge in [-0.3, -0.25) is 20.3 Å². The van der Waals surface area contributed by atoms with Crippen LogP contribution in [0.3, 0.4) is 0 Å². The molecule has 4 aliphatic heterocycles. The number of fused-ring (bicyclic) bond motifs is 1. The Balaban J connectivity index is 1.22. The molecule has 2 amide bonds. The highest BCUT2D eigenvalue weighted by atomic mass is 16.5. The van der Waals surface area contributed by atoms with E-state index in [0.717, 1.165) is 12.0 Å². The molecule has 6 rings (SSSR count). The number of nitrogens with two attached hydrogens (primary N) is 2. The molecule has 42 heavy (non-hydrogen) atoms. The van der Waals surface area contributed by atoms with E-state index in [0.29, 0.717) is 23.8 Å². The first-order valence-corrected chi connectivity index (χ1v) is 13.9. The standard InChI is InChI=1S/C28H35N9O5/c1-27(2)10-11-42-20-14(6-4-7-15(20)27)23(39)33-18-13-37-26(30)34-17(21-28(37,22(18)38)36-25(29)35-21)12-31-24(40)16-8-5-9-19(32-16)41-3/h4-9,17-18,21-22,38H,10-13H2,1-3H3,(H2,30,34)(H,31,40)(H,33,39)(H3,29,35,36)/p+1/t17-,18?,21-,22+,28?/m0/s1. The molecule has 5 heterocycles. The van der Waals surface area contributed by atoms with Gasteiger partial charge in [-0.1, -0.05) is 32.0 Å². The summed E-state index contributed by atoms with van der Waals surface area (Å²) in [6.45, 7) is 5.02. The van der Waals surface area contributed by atoms with Gasteiger partial charge in [-0.2, -0.15) is 0 Å². The number of ether oxygens (including phenoxy) is 2. The number of carbonyl (C=O) groups is 2. The van der Waals surface area contributed by atoms with E-state index in [4.69, 9.17) is 20.9 Å². The molecule has 0 bridgehead atoms. The first-order valence-electron chi connectivity index (χ1n) is 13.9. The minimum atomic E-state index is -1.22. The van der Waals surface area contributed by atoms with E-state index in [1.807, 2.05) is 12.1 Å². The number of aliphatic hydroxyl groups excluding tert-OH is 1. The van der Waals surface area contributed by atoms with Crippen LogP contribution in [0.25, 0.3) is 0 Å². The summed E-state index contributed by atoms with van der Waals surface area (Å²) < 4.78 is 11.0. The third-order valence-corrected chi connectivity index (χ3v) is 8.65. The fraction of sp³-hybridized carbons (Fsp3) is 0.464. The zero-order valence-electron chi connectivity index (χ0n) is 23.7. The lowest BCUT2D eigenvalue weighted by atomic mass is 9.79. The van der Waals surface area contributed by atoms with E-state index in [2.05, 4.69) is 44.8 Å². The number of hydrogen-bond acceptors (Lipinski definition) is 11. The largest absolute Gasteiger partial charge is 0.492 e. The van der Waals surface area contributed by atoms with Crippen molar-refractivity contribution in [1.29, 1.82) is 0 Å². The Hall–Kier alpha value is -4.59. The second-order valence-electron chi connectivity index (χ2n) is 11.6. The molecule has 14 heteroatoms. The van der Waals surface area contributed by atoms with Crippen molar-refractivity contribution >= 4 is 23.7 Å². The molecule has 4 aliphatic rings. The summed E-state index contributed by atoms with van der Waals surface area (Å²) in [5, 5.41) is 20.7. The number of benzene rings is 1. The van der Waals surface area contributed by atoms with Crippen molar-refractivity contribution < 1.29 is 29.2 Å². The number of rotatable bonds is 6. The first kappa shape index (κ1) is 27.6. The quantitative estimate of drug-likeness (QED) is 0.186. The van der Waals surface area contributed by atoms with Gasteiger partial charge in [0.25, 0.3) is 11.8 Å². The van der Waals surface area contributed by atoms with Crippen LogP contribution in [-0.4, -0.2) is 95.4 Å². The average Bonchev–Trinajstić information content (AvgIpc) is 3.47. The van der Waals surface area contributed by atoms with Crippen molar-refractivity contribution in [2.45, 2.75) is 55.6 Å². The smallest absolute Gasteiger partial charge is 0.343 e. The summed E-state index contributed by atoms with van der Waals surface area (Å²) in [7, 11) is 1.47. The average molecular weight is 579 g/mol. The predicted molar refractivity (Wildman–Crippen MR) is 152 cm³/mol. The van der Waals surface area contributed by atoms with Crippen LogP contribution in [0.5, 0.6) is 11.6 Å². The number of pyridine rings is 1. The summed E-state index contributed by atoms with van der Waals surface area (Å²) in [6.07, 6.45) is -0.303. The van der Waals surface area contributed by atoms with E-state index in [9.17, 15) is 14.7 Å². The molecular weight excluding hydrogens is 542 g/mol. The Kier molecular flexibility index (Phi) is 6.60. The Morgan fingerprint density at radius 2 is 2.02 bits per heavy atom. The van der Waals surface area contributed by atoms with Crippen molar-refractivity contribution in [3.8, 4) is 11.6 Å². The minimum Gasteiger partial charge on any atom is -0.492 e. The number of nitrogens with zero attached hydrogens (tertiary/aromatic N) is 3. The fourth-order valence-electron chi connectivity index (χ4n) is 6.43. The van der Waals surface area contributed by atoms with E-state index < -0.39 is 35.8 Å². The van der Waals surface area contributed by atoms with Crippen molar-refractivity contribution in [1.82, 2.24) is 25.8 Å². The number of para-hydroxylation sites is 1. The molecule has 222 valence electrons. The lowest BCUT2D eigenvalue weighted by Crippen LogP contribution is -2.88. The van der Waals surface area contributed by atoms with Gasteiger partial charge in [0.2, 0.25) is 11.5 Å². The van der Waals surface area contributed by atoms with E-state index in [-0.39, 0.29) is 42.0 Å². The Labute approximate surface area is 242 Å². The van der Waals surface area contributed by atoms with Crippen LogP contribution in [0.4, 0.5) is 0 Å². The van der Waals surface area contributed by atoms with Crippen molar-refractivity contribution in [3.63, 3.8) is 0 Å². The molecule has 0 saturated carbocycles. The van der Waals surface area contributed by atoms with Crippen LogP contribution in [0, 0.1) is 0 Å². The van der Waals surface area contributed by atoms with Crippen LogP contribution in [0.1, 0.15) is 46.7 Å². The normalized spacial score (nSPS) is 28.6. The predicted octanol–water partition coefficient (Wildman–Crippen LogP) is -2.88. The number of methoxy groups -OCH3 is 1. The molecule has 2 aromatic rings. The number of aromatic nitrogens is 1. The third-order valence-electron chi connectivity index (χ3n) is 8.65. The number of guanidine groups is 2. The number of aliphatic hydroxyl groups is 1. The number of nitrogens with one attached hydrogen (secondary N) is 4. The van der Waals surface area contributed by atoms with Crippen LogP contribution in [0.2, 0.25) is 0 Å². The SMILES string of the molecule is COc1cccc(C(=O)NC[C@@H]2N=C(N)N3CC(NC(=O)c4cccc5c4OCCC5(C)C)[C@@H](O)C34NC(N)=[NH+][C@@H]24)n1. The lowest BCUT2D eigenvalue weighted by molar-refractivity contribution is -0.513. The number of amides is 2. The van der Waals surface area contributed by atoms with Crippen molar-refractivity contribution in [3.05, 3.63) is 53.2 Å². The zero-order chi connectivity index (χ0) is 29.8. The highest BCUT2D eigenvalue weighted by Crippen LogP contribution is 2.41. The van der Waals surface area contributed by atoms with E-state index in [1.54, 1.807) is 29.2 Å². The summed E-state index contributed by atoms with van der Waals surface area (Å²) in [5.74, 6) is 0.458. The molecule has 1 saturated heterocycles. The van der Waals surface area contributed by atoms with Gasteiger partial charge < -0.3 is 35.8 Å². The first-order chi connectivity index (χ1) is 20.0. The Morgan fingerprint density at radius 1 is 1.24 bits per heavy atom. The molecule has 14 nitrogen and oxygen atoms in total. The van der Waals surface area contributed by atoms with Gasteiger partial charge in [-0.15, -0.1) is 0 Å². The number of aliphatic imine (C=N–C) groups is 1. The zero-order valence-corrected chi connectivity index (χ0v) is 23.7. The second kappa shape index (κ2) is 10.0. The van der Waals surface area contributed by atoms with Crippen LogP contribution >= 0.6 is 0 Å². The maximum absolute atomic E-state index is 13.6. The minimum absolute atomic E-state index is 0.0770. The monoisotopic (exact) mass is 578 g/mol. The topological polar surface area (TPSA) is 203 Å². The van der Waals surface area contributed by atoms with E-state index >= 15 is 0 Å². The number of carbonyl (C=O) groups excluding carboxylic acids is 2. The maximum Gasteiger partial charge on any atom is 0.343 e. The third kappa shape index (κ3) is 4.33. The molecule has 0 aliphatic carbocycles. The van der Waals surface area contributed by atoms with Crippen LogP contribution in [0.15, 0.2) is 41.4 Å².